The van der Waals surface area contributed by atoms with Gasteiger partial charge in [0.1, 0.15) is 17.0 Å². The number of thiophene rings is 1. The van der Waals surface area contributed by atoms with E-state index in [9.17, 15) is 4.79 Å². The predicted molar refractivity (Wildman–Crippen MR) is 122 cm³/mol. The molecule has 1 N–H and O–H groups in total. The molecule has 0 bridgehead atoms. The van der Waals surface area contributed by atoms with Gasteiger partial charge in [0.15, 0.2) is 0 Å². The summed E-state index contributed by atoms with van der Waals surface area (Å²) < 4.78 is 1.73. The Labute approximate surface area is 192 Å². The minimum Gasteiger partial charge on any atom is -0.340 e. The van der Waals surface area contributed by atoms with Gasteiger partial charge in [0.25, 0.3) is 0 Å². The summed E-state index contributed by atoms with van der Waals surface area (Å²) in [5.41, 5.74) is 2.91. The van der Waals surface area contributed by atoms with Crippen LogP contribution < -0.4 is 5.32 Å². The molecule has 0 aromatic carbocycles. The molecule has 1 saturated heterocycles. The van der Waals surface area contributed by atoms with E-state index >= 15 is 0 Å². The van der Waals surface area contributed by atoms with Crippen molar-refractivity contribution in [3.05, 3.63) is 46.3 Å². The molecule has 32 heavy (non-hydrogen) atoms. The molecule has 0 spiro atoms. The van der Waals surface area contributed by atoms with E-state index in [2.05, 4.69) is 26.5 Å². The number of halogens is 1. The van der Waals surface area contributed by atoms with Crippen LogP contribution in [0.5, 0.6) is 0 Å². The maximum absolute atomic E-state index is 12.9. The van der Waals surface area contributed by atoms with Crippen LogP contribution in [0.3, 0.4) is 0 Å². The monoisotopic (exact) mass is 463 g/mol. The zero-order valence-electron chi connectivity index (χ0n) is 17.0. The van der Waals surface area contributed by atoms with E-state index in [1.807, 2.05) is 17.0 Å². The van der Waals surface area contributed by atoms with E-state index in [4.69, 9.17) is 16.9 Å². The molecular formula is C22H18ClN7OS. The molecule has 160 valence electrons. The topological polar surface area (TPSA) is 99.2 Å². The van der Waals surface area contributed by atoms with Gasteiger partial charge in [0, 0.05) is 36.3 Å². The highest BCUT2D eigenvalue weighted by molar-refractivity contribution is 7.19. The van der Waals surface area contributed by atoms with Crippen LogP contribution >= 0.6 is 22.9 Å². The number of carbonyl (C=O) groups is 1. The Morgan fingerprint density at radius 2 is 2.22 bits per heavy atom. The van der Waals surface area contributed by atoms with Gasteiger partial charge in [-0.25, -0.2) is 14.5 Å². The van der Waals surface area contributed by atoms with Crippen molar-refractivity contribution in [1.29, 1.82) is 5.26 Å². The van der Waals surface area contributed by atoms with E-state index < -0.39 is 0 Å². The van der Waals surface area contributed by atoms with Crippen molar-refractivity contribution in [3.8, 4) is 6.07 Å². The van der Waals surface area contributed by atoms with Crippen molar-refractivity contribution in [2.24, 2.45) is 11.8 Å². The molecule has 0 saturated carbocycles. The van der Waals surface area contributed by atoms with Crippen LogP contribution in [0, 0.1) is 23.2 Å². The number of aryl methyl sites for hydroxylation is 1. The molecule has 0 unspecified atom stereocenters. The first-order chi connectivity index (χ1) is 15.6. The molecule has 6 rings (SSSR count). The number of pyridine rings is 1. The van der Waals surface area contributed by atoms with Crippen molar-refractivity contribution < 1.29 is 4.79 Å². The molecule has 1 amide bonds. The molecule has 10 heteroatoms. The lowest BCUT2D eigenvalue weighted by atomic mass is 9.85. The molecule has 4 aromatic rings. The maximum Gasteiger partial charge on any atom is 0.226 e. The Bertz CT molecular complexity index is 1420. The van der Waals surface area contributed by atoms with Gasteiger partial charge in [0.2, 0.25) is 5.91 Å². The minimum absolute atomic E-state index is 0.0139. The largest absolute Gasteiger partial charge is 0.340 e. The molecule has 8 nitrogen and oxygen atoms in total. The number of amides is 1. The van der Waals surface area contributed by atoms with Crippen molar-refractivity contribution in [2.75, 3.05) is 18.4 Å². The second-order valence-corrected chi connectivity index (χ2v) is 9.77. The Morgan fingerprint density at radius 1 is 1.34 bits per heavy atom. The lowest BCUT2D eigenvalue weighted by Gasteiger charge is -2.38. The van der Waals surface area contributed by atoms with E-state index in [1.54, 1.807) is 34.6 Å². The Morgan fingerprint density at radius 3 is 3.06 bits per heavy atom. The van der Waals surface area contributed by atoms with Crippen LogP contribution in [0.2, 0.25) is 5.02 Å². The van der Waals surface area contributed by atoms with Gasteiger partial charge in [-0.05, 0) is 37.0 Å². The van der Waals surface area contributed by atoms with Gasteiger partial charge in [-0.3, -0.25) is 4.79 Å². The Hall–Kier alpha value is -3.22. The number of carbonyl (C=O) groups excluding carboxylic acids is 1. The normalized spacial score (nSPS) is 18.4. The number of nitrogens with zero attached hydrogens (tertiary/aromatic N) is 6. The molecule has 1 aliphatic carbocycles. The van der Waals surface area contributed by atoms with Crippen LogP contribution in [0.15, 0.2) is 30.9 Å². The SMILES string of the molecule is N#CC1CN(C(=O)[C@H]2CCc3c(sc4ncnc(Nc5cc6ccnn6cc5Cl)c34)C2)C1. The third kappa shape index (κ3) is 3.10. The number of rotatable bonds is 3. The quantitative estimate of drug-likeness (QED) is 0.495. The van der Waals surface area contributed by atoms with E-state index in [1.165, 1.54) is 10.4 Å². The third-order valence-corrected chi connectivity index (χ3v) is 7.77. The van der Waals surface area contributed by atoms with Gasteiger partial charge >= 0.3 is 0 Å². The zero-order chi connectivity index (χ0) is 21.8. The first kappa shape index (κ1) is 19.5. The van der Waals surface area contributed by atoms with Crippen LogP contribution in [0.4, 0.5) is 11.5 Å². The number of anilines is 2. The number of aromatic nitrogens is 4. The highest BCUT2D eigenvalue weighted by Crippen LogP contribution is 2.41. The number of likely N-dealkylation sites (tertiary alicyclic amines) is 1. The van der Waals surface area contributed by atoms with Gasteiger partial charge in [-0.1, -0.05) is 11.6 Å². The highest BCUT2D eigenvalue weighted by Gasteiger charge is 2.37. The number of hydrogen-bond acceptors (Lipinski definition) is 7. The first-order valence-electron chi connectivity index (χ1n) is 10.4. The summed E-state index contributed by atoms with van der Waals surface area (Å²) in [5, 5.41) is 18.1. The third-order valence-electron chi connectivity index (χ3n) is 6.31. The summed E-state index contributed by atoms with van der Waals surface area (Å²) in [6.45, 7) is 1.12. The van der Waals surface area contributed by atoms with Crippen molar-refractivity contribution in [1.82, 2.24) is 24.5 Å². The number of hydrogen-bond donors (Lipinski definition) is 1. The second-order valence-electron chi connectivity index (χ2n) is 8.28. The van der Waals surface area contributed by atoms with Crippen LogP contribution in [-0.2, 0) is 17.6 Å². The van der Waals surface area contributed by atoms with Gasteiger partial charge in [-0.15, -0.1) is 11.3 Å². The van der Waals surface area contributed by atoms with Crippen LogP contribution in [0.25, 0.3) is 15.7 Å². The average molecular weight is 464 g/mol. The average Bonchev–Trinajstić information content (AvgIpc) is 3.36. The fourth-order valence-corrected chi connectivity index (χ4v) is 6.04. The van der Waals surface area contributed by atoms with Crippen molar-refractivity contribution in [3.63, 3.8) is 0 Å². The first-order valence-corrected chi connectivity index (χ1v) is 11.6. The number of nitrogens with one attached hydrogen (secondary N) is 1. The molecule has 1 fully saturated rings. The summed E-state index contributed by atoms with van der Waals surface area (Å²) in [6.07, 6.45) is 7.37. The Kier molecular flexibility index (Phi) is 4.52. The Balaban J connectivity index is 1.30. The van der Waals surface area contributed by atoms with Crippen LogP contribution in [-0.4, -0.2) is 43.5 Å². The minimum atomic E-state index is -0.0294. The second kappa shape index (κ2) is 7.43. The molecule has 5 heterocycles. The summed E-state index contributed by atoms with van der Waals surface area (Å²) >= 11 is 8.11. The smallest absolute Gasteiger partial charge is 0.226 e. The summed E-state index contributed by atoms with van der Waals surface area (Å²) in [4.78, 5) is 25.8. The lowest BCUT2D eigenvalue weighted by Crippen LogP contribution is -2.52. The van der Waals surface area contributed by atoms with Crippen LogP contribution in [0.1, 0.15) is 16.9 Å². The lowest BCUT2D eigenvalue weighted by molar-refractivity contribution is -0.141. The molecule has 1 atom stereocenters. The molecule has 2 aliphatic rings. The maximum atomic E-state index is 12.9. The van der Waals surface area contributed by atoms with E-state index in [-0.39, 0.29) is 17.7 Å². The van der Waals surface area contributed by atoms with E-state index in [0.717, 1.165) is 40.1 Å². The van der Waals surface area contributed by atoms with Crippen molar-refractivity contribution >= 4 is 56.1 Å². The van der Waals surface area contributed by atoms with Crippen molar-refractivity contribution in [2.45, 2.75) is 19.3 Å². The predicted octanol–water partition coefficient (Wildman–Crippen LogP) is 3.82. The van der Waals surface area contributed by atoms with Gasteiger partial charge in [0.05, 0.1) is 33.6 Å². The highest BCUT2D eigenvalue weighted by atomic mass is 35.5. The summed E-state index contributed by atoms with van der Waals surface area (Å²) in [6, 6.07) is 6.09. The molecule has 4 aromatic heterocycles. The zero-order valence-corrected chi connectivity index (χ0v) is 18.5. The van der Waals surface area contributed by atoms with Gasteiger partial charge in [-0.2, -0.15) is 10.4 Å². The van der Waals surface area contributed by atoms with Gasteiger partial charge < -0.3 is 10.2 Å². The summed E-state index contributed by atoms with van der Waals surface area (Å²) in [7, 11) is 0. The van der Waals surface area contributed by atoms with E-state index in [0.29, 0.717) is 24.5 Å². The molecule has 0 radical (unpaired) electrons. The number of nitriles is 1. The molecule has 1 aliphatic heterocycles. The standard InChI is InChI=1S/C22H18ClN7OS/c23-16-10-30-14(3-4-27-30)6-17(16)28-20-19-15-2-1-13(22(31)29-8-12(7-24)9-29)5-18(15)32-21(19)26-11-25-20/h3-4,6,10-13H,1-2,5,8-9H2,(H,25,26,28)/t13-/m0/s1. The fraction of sp³-hybridized carbons (Fsp3) is 0.318. The molecular weight excluding hydrogens is 446 g/mol. The fourth-order valence-electron chi connectivity index (χ4n) is 4.58. The number of fused-ring (bicyclic) bond motifs is 4. The summed E-state index contributed by atoms with van der Waals surface area (Å²) in [5.74, 6) is 0.853.